The first-order chi connectivity index (χ1) is 11.2. The van der Waals surface area contributed by atoms with Crippen molar-refractivity contribution in [2.75, 3.05) is 6.61 Å². The average Bonchev–Trinajstić information content (AvgIpc) is 2.95. The largest absolute Gasteiger partial charge is 0.492 e. The van der Waals surface area contributed by atoms with Crippen LogP contribution >= 0.6 is 0 Å². The monoisotopic (exact) mass is 307 g/mol. The Morgan fingerprint density at radius 1 is 1.22 bits per heavy atom. The van der Waals surface area contributed by atoms with Gasteiger partial charge in [0.2, 0.25) is 0 Å². The number of rotatable bonds is 5. The summed E-state index contributed by atoms with van der Waals surface area (Å²) in [4.78, 5) is 4.48. The molecule has 0 aliphatic heterocycles. The Balaban J connectivity index is 1.76. The van der Waals surface area contributed by atoms with Crippen LogP contribution in [0.4, 0.5) is 0 Å². The fourth-order valence-corrected chi connectivity index (χ4v) is 2.53. The van der Waals surface area contributed by atoms with Crippen LogP contribution in [0.2, 0.25) is 0 Å². The fourth-order valence-electron chi connectivity index (χ4n) is 2.53. The SMILES string of the molecule is CC(O)c1nc2ccccc2n1CCOc1ccc(C#N)cc1. The van der Waals surface area contributed by atoms with E-state index < -0.39 is 6.10 Å². The topological polar surface area (TPSA) is 71.1 Å². The summed E-state index contributed by atoms with van der Waals surface area (Å²) in [6, 6.07) is 16.9. The van der Waals surface area contributed by atoms with Gasteiger partial charge in [0.25, 0.3) is 0 Å². The van der Waals surface area contributed by atoms with Gasteiger partial charge >= 0.3 is 0 Å². The smallest absolute Gasteiger partial charge is 0.138 e. The van der Waals surface area contributed by atoms with Crippen molar-refractivity contribution >= 4 is 11.0 Å². The van der Waals surface area contributed by atoms with Gasteiger partial charge in [-0.1, -0.05) is 12.1 Å². The molecule has 0 saturated heterocycles. The number of benzene rings is 2. The Morgan fingerprint density at radius 3 is 2.65 bits per heavy atom. The van der Waals surface area contributed by atoms with Crippen molar-refractivity contribution in [3.05, 3.63) is 59.9 Å². The number of para-hydroxylation sites is 2. The minimum Gasteiger partial charge on any atom is -0.492 e. The van der Waals surface area contributed by atoms with Crippen LogP contribution in [0.5, 0.6) is 5.75 Å². The van der Waals surface area contributed by atoms with E-state index in [9.17, 15) is 5.11 Å². The maximum atomic E-state index is 9.92. The van der Waals surface area contributed by atoms with E-state index in [1.165, 1.54) is 0 Å². The predicted octanol–water partition coefficient (Wildman–Crippen LogP) is 3.04. The van der Waals surface area contributed by atoms with Crippen LogP contribution in [0, 0.1) is 11.3 Å². The molecule has 1 aromatic heterocycles. The highest BCUT2D eigenvalue weighted by atomic mass is 16.5. The van der Waals surface area contributed by atoms with Crippen molar-refractivity contribution in [2.45, 2.75) is 19.6 Å². The second kappa shape index (κ2) is 6.51. The van der Waals surface area contributed by atoms with Gasteiger partial charge in [0.15, 0.2) is 0 Å². The van der Waals surface area contributed by atoms with Crippen molar-refractivity contribution < 1.29 is 9.84 Å². The number of aliphatic hydroxyl groups excluding tert-OH is 1. The van der Waals surface area contributed by atoms with Crippen molar-refractivity contribution in [1.82, 2.24) is 9.55 Å². The van der Waals surface area contributed by atoms with Gasteiger partial charge in [0.05, 0.1) is 29.2 Å². The molecule has 0 amide bonds. The third-order valence-electron chi connectivity index (χ3n) is 3.62. The number of hydrogen-bond donors (Lipinski definition) is 1. The molecular weight excluding hydrogens is 290 g/mol. The number of ether oxygens (including phenoxy) is 1. The van der Waals surface area contributed by atoms with Crippen LogP contribution in [0.3, 0.4) is 0 Å². The molecule has 116 valence electrons. The van der Waals surface area contributed by atoms with Crippen molar-refractivity contribution in [2.24, 2.45) is 0 Å². The Bertz CT molecular complexity index is 845. The number of nitriles is 1. The summed E-state index contributed by atoms with van der Waals surface area (Å²) < 4.78 is 7.70. The Labute approximate surface area is 134 Å². The summed E-state index contributed by atoms with van der Waals surface area (Å²) in [7, 11) is 0. The molecule has 0 radical (unpaired) electrons. The van der Waals surface area contributed by atoms with E-state index >= 15 is 0 Å². The van der Waals surface area contributed by atoms with E-state index in [4.69, 9.17) is 10.00 Å². The Hall–Kier alpha value is -2.84. The first-order valence-corrected chi connectivity index (χ1v) is 7.45. The van der Waals surface area contributed by atoms with Gasteiger partial charge in [-0.15, -0.1) is 0 Å². The van der Waals surface area contributed by atoms with Crippen molar-refractivity contribution in [1.29, 1.82) is 5.26 Å². The first kappa shape index (κ1) is 15.1. The highest BCUT2D eigenvalue weighted by molar-refractivity contribution is 5.76. The molecule has 0 bridgehead atoms. The van der Waals surface area contributed by atoms with Crippen LogP contribution in [0.25, 0.3) is 11.0 Å². The molecule has 1 unspecified atom stereocenters. The summed E-state index contributed by atoms with van der Waals surface area (Å²) in [6.07, 6.45) is -0.641. The minimum absolute atomic E-state index is 0.450. The van der Waals surface area contributed by atoms with Gasteiger partial charge in [0.1, 0.15) is 24.3 Å². The van der Waals surface area contributed by atoms with Crippen LogP contribution in [0.15, 0.2) is 48.5 Å². The van der Waals surface area contributed by atoms with Gasteiger partial charge < -0.3 is 14.4 Å². The highest BCUT2D eigenvalue weighted by Crippen LogP contribution is 2.21. The lowest BCUT2D eigenvalue weighted by Gasteiger charge is -2.12. The van der Waals surface area contributed by atoms with E-state index in [-0.39, 0.29) is 0 Å². The second-order valence-electron chi connectivity index (χ2n) is 5.27. The Morgan fingerprint density at radius 2 is 1.96 bits per heavy atom. The molecule has 3 aromatic rings. The molecule has 2 aromatic carbocycles. The summed E-state index contributed by atoms with van der Waals surface area (Å²) in [5.41, 5.74) is 2.45. The van der Waals surface area contributed by atoms with Crippen LogP contribution in [-0.4, -0.2) is 21.3 Å². The molecular formula is C18H17N3O2. The van der Waals surface area contributed by atoms with Gasteiger partial charge in [-0.05, 0) is 43.3 Å². The maximum Gasteiger partial charge on any atom is 0.138 e. The minimum atomic E-state index is -0.641. The van der Waals surface area contributed by atoms with E-state index in [2.05, 4.69) is 11.1 Å². The number of fused-ring (bicyclic) bond motifs is 1. The molecule has 1 atom stereocenters. The zero-order chi connectivity index (χ0) is 16.2. The van der Waals surface area contributed by atoms with E-state index in [0.29, 0.717) is 30.3 Å². The lowest BCUT2D eigenvalue weighted by atomic mass is 10.2. The summed E-state index contributed by atoms with van der Waals surface area (Å²) in [5.74, 6) is 1.35. The zero-order valence-electron chi connectivity index (χ0n) is 12.8. The number of nitrogens with zero attached hydrogens (tertiary/aromatic N) is 3. The number of aliphatic hydroxyl groups is 1. The number of hydrogen-bond acceptors (Lipinski definition) is 4. The van der Waals surface area contributed by atoms with Crippen LogP contribution < -0.4 is 4.74 Å². The molecule has 1 heterocycles. The molecule has 5 heteroatoms. The maximum absolute atomic E-state index is 9.92. The molecule has 0 aliphatic rings. The molecule has 0 fully saturated rings. The second-order valence-corrected chi connectivity index (χ2v) is 5.27. The molecule has 0 saturated carbocycles. The first-order valence-electron chi connectivity index (χ1n) is 7.45. The normalized spacial score (nSPS) is 12.0. The fraction of sp³-hybridized carbons (Fsp3) is 0.222. The molecule has 1 N–H and O–H groups in total. The zero-order valence-corrected chi connectivity index (χ0v) is 12.8. The quantitative estimate of drug-likeness (QED) is 0.786. The van der Waals surface area contributed by atoms with Crippen LogP contribution in [0.1, 0.15) is 24.4 Å². The highest BCUT2D eigenvalue weighted by Gasteiger charge is 2.14. The van der Waals surface area contributed by atoms with Gasteiger partial charge in [-0.3, -0.25) is 0 Å². The summed E-state index contributed by atoms with van der Waals surface area (Å²) >= 11 is 0. The molecule has 3 rings (SSSR count). The lowest BCUT2D eigenvalue weighted by molar-refractivity contribution is 0.181. The van der Waals surface area contributed by atoms with Gasteiger partial charge in [0, 0.05) is 0 Å². The lowest BCUT2D eigenvalue weighted by Crippen LogP contribution is -2.12. The van der Waals surface area contributed by atoms with E-state index in [0.717, 1.165) is 11.0 Å². The number of imidazole rings is 1. The van der Waals surface area contributed by atoms with E-state index in [1.54, 1.807) is 31.2 Å². The molecule has 5 nitrogen and oxygen atoms in total. The third-order valence-corrected chi connectivity index (χ3v) is 3.62. The standard InChI is InChI=1S/C18H17N3O2/c1-13(22)18-20-16-4-2-3-5-17(16)21(18)10-11-23-15-8-6-14(12-19)7-9-15/h2-9,13,22H,10-11H2,1H3. The molecule has 0 aliphatic carbocycles. The van der Waals surface area contributed by atoms with Gasteiger partial charge in [-0.25, -0.2) is 4.98 Å². The number of aromatic nitrogens is 2. The summed E-state index contributed by atoms with van der Waals surface area (Å²) in [6.45, 7) is 2.74. The Kier molecular flexibility index (Phi) is 4.26. The van der Waals surface area contributed by atoms with Gasteiger partial charge in [-0.2, -0.15) is 5.26 Å². The predicted molar refractivity (Wildman–Crippen MR) is 87.0 cm³/mol. The third kappa shape index (κ3) is 3.17. The van der Waals surface area contributed by atoms with Crippen molar-refractivity contribution in [3.63, 3.8) is 0 Å². The average molecular weight is 307 g/mol. The molecule has 23 heavy (non-hydrogen) atoms. The molecule has 0 spiro atoms. The van der Waals surface area contributed by atoms with Crippen molar-refractivity contribution in [3.8, 4) is 11.8 Å². The summed E-state index contributed by atoms with van der Waals surface area (Å²) in [5, 5.41) is 18.7. The van der Waals surface area contributed by atoms with Crippen LogP contribution in [-0.2, 0) is 6.54 Å². The van der Waals surface area contributed by atoms with E-state index in [1.807, 2.05) is 28.8 Å².